The minimum atomic E-state index is 0.302. The molecule has 0 aliphatic rings. The lowest BCUT2D eigenvalue weighted by Gasteiger charge is -2.17. The molecule has 0 saturated carbocycles. The number of aryl methyl sites for hydroxylation is 1. The van der Waals surface area contributed by atoms with E-state index in [0.717, 1.165) is 15.9 Å². The van der Waals surface area contributed by atoms with E-state index in [-0.39, 0.29) is 0 Å². The summed E-state index contributed by atoms with van der Waals surface area (Å²) in [6, 6.07) is 6.78. The molecule has 0 spiro atoms. The predicted molar refractivity (Wildman–Crippen MR) is 76.5 cm³/mol. The van der Waals surface area contributed by atoms with Gasteiger partial charge < -0.3 is 5.32 Å². The van der Waals surface area contributed by atoms with E-state index in [1.165, 1.54) is 11.1 Å². The molecule has 1 aromatic heterocycles. The normalized spacial score (nSPS) is 12.6. The van der Waals surface area contributed by atoms with Crippen LogP contribution in [0.25, 0.3) is 0 Å². The van der Waals surface area contributed by atoms with E-state index in [1.54, 1.807) is 11.3 Å². The molecule has 0 amide bonds. The molecule has 2 rings (SSSR count). The van der Waals surface area contributed by atoms with Crippen LogP contribution in [0.2, 0.25) is 0 Å². The topological polar surface area (TPSA) is 24.9 Å². The Kier molecular flexibility index (Phi) is 4.31. The second kappa shape index (κ2) is 5.76. The molecule has 0 fully saturated rings. The van der Waals surface area contributed by atoms with Gasteiger partial charge in [-0.1, -0.05) is 28.1 Å². The van der Waals surface area contributed by atoms with E-state index < -0.39 is 0 Å². The van der Waals surface area contributed by atoms with Crippen LogP contribution in [0.1, 0.15) is 22.2 Å². The van der Waals surface area contributed by atoms with E-state index in [4.69, 9.17) is 0 Å². The number of benzene rings is 1. The maximum absolute atomic E-state index is 4.34. The van der Waals surface area contributed by atoms with Crippen molar-refractivity contribution in [1.29, 1.82) is 0 Å². The van der Waals surface area contributed by atoms with Gasteiger partial charge in [-0.05, 0) is 31.2 Å². The second-order valence-electron chi connectivity index (χ2n) is 4.00. The van der Waals surface area contributed by atoms with Gasteiger partial charge in [0.2, 0.25) is 0 Å². The SMILES string of the molecule is CNC(Cc1nccs1)c1ccc(C)cc1Br. The minimum absolute atomic E-state index is 0.302. The smallest absolute Gasteiger partial charge is 0.0943 e. The number of hydrogen-bond acceptors (Lipinski definition) is 3. The quantitative estimate of drug-likeness (QED) is 0.931. The molecule has 1 aromatic carbocycles. The van der Waals surface area contributed by atoms with Crippen LogP contribution in [0.3, 0.4) is 0 Å². The van der Waals surface area contributed by atoms with Gasteiger partial charge in [0.1, 0.15) is 0 Å². The van der Waals surface area contributed by atoms with Crippen LogP contribution >= 0.6 is 27.3 Å². The Morgan fingerprint density at radius 3 is 2.88 bits per heavy atom. The first kappa shape index (κ1) is 12.7. The molecule has 0 aliphatic heterocycles. The standard InChI is InChI=1S/C13H15BrN2S/c1-9-3-4-10(11(14)7-9)12(15-2)8-13-16-5-6-17-13/h3-7,12,15H,8H2,1-2H3. The van der Waals surface area contributed by atoms with Crippen LogP contribution in [-0.2, 0) is 6.42 Å². The molecule has 0 bridgehead atoms. The Morgan fingerprint density at radius 1 is 1.47 bits per heavy atom. The third kappa shape index (κ3) is 3.15. The molecule has 1 atom stereocenters. The molecule has 90 valence electrons. The molecule has 17 heavy (non-hydrogen) atoms. The van der Waals surface area contributed by atoms with Gasteiger partial charge >= 0.3 is 0 Å². The number of halogens is 1. The highest BCUT2D eigenvalue weighted by Crippen LogP contribution is 2.27. The highest BCUT2D eigenvalue weighted by Gasteiger charge is 2.14. The molecule has 1 heterocycles. The van der Waals surface area contributed by atoms with Crippen LogP contribution in [0.15, 0.2) is 34.2 Å². The van der Waals surface area contributed by atoms with E-state index in [1.807, 2.05) is 18.6 Å². The van der Waals surface area contributed by atoms with Crippen molar-refractivity contribution in [3.8, 4) is 0 Å². The Balaban J connectivity index is 2.23. The fourth-order valence-corrected chi connectivity index (χ4v) is 3.24. The van der Waals surface area contributed by atoms with Crippen LogP contribution in [-0.4, -0.2) is 12.0 Å². The summed E-state index contributed by atoms with van der Waals surface area (Å²) in [6.45, 7) is 2.10. The molecular formula is C13H15BrN2S. The summed E-state index contributed by atoms with van der Waals surface area (Å²) in [5, 5.41) is 6.54. The van der Waals surface area contributed by atoms with Gasteiger partial charge in [0.15, 0.2) is 0 Å². The van der Waals surface area contributed by atoms with Crippen molar-refractivity contribution in [2.75, 3.05) is 7.05 Å². The van der Waals surface area contributed by atoms with Crippen LogP contribution in [0.5, 0.6) is 0 Å². The van der Waals surface area contributed by atoms with Crippen molar-refractivity contribution in [3.05, 3.63) is 50.4 Å². The minimum Gasteiger partial charge on any atom is -0.313 e. The lowest BCUT2D eigenvalue weighted by atomic mass is 10.0. The summed E-state index contributed by atoms with van der Waals surface area (Å²) in [5.41, 5.74) is 2.55. The highest BCUT2D eigenvalue weighted by molar-refractivity contribution is 9.10. The lowest BCUT2D eigenvalue weighted by Crippen LogP contribution is -2.19. The van der Waals surface area contributed by atoms with Gasteiger partial charge in [0, 0.05) is 28.5 Å². The average Bonchev–Trinajstić information content (AvgIpc) is 2.79. The number of aromatic nitrogens is 1. The van der Waals surface area contributed by atoms with Crippen LogP contribution in [0.4, 0.5) is 0 Å². The van der Waals surface area contributed by atoms with Crippen molar-refractivity contribution in [3.63, 3.8) is 0 Å². The van der Waals surface area contributed by atoms with E-state index in [0.29, 0.717) is 6.04 Å². The highest BCUT2D eigenvalue weighted by atomic mass is 79.9. The Bertz CT molecular complexity index is 482. The molecule has 1 unspecified atom stereocenters. The van der Waals surface area contributed by atoms with Gasteiger partial charge in [-0.3, -0.25) is 0 Å². The van der Waals surface area contributed by atoms with Crippen molar-refractivity contribution < 1.29 is 0 Å². The number of likely N-dealkylation sites (N-methyl/N-ethyl adjacent to an activating group) is 1. The Labute approximate surface area is 114 Å². The summed E-state index contributed by atoms with van der Waals surface area (Å²) >= 11 is 5.34. The second-order valence-corrected chi connectivity index (χ2v) is 5.83. The molecular weight excluding hydrogens is 296 g/mol. The lowest BCUT2D eigenvalue weighted by molar-refractivity contribution is 0.588. The van der Waals surface area contributed by atoms with Crippen molar-refractivity contribution in [2.45, 2.75) is 19.4 Å². The van der Waals surface area contributed by atoms with Gasteiger partial charge in [0.25, 0.3) is 0 Å². The fraction of sp³-hybridized carbons (Fsp3) is 0.308. The van der Waals surface area contributed by atoms with Gasteiger partial charge in [0.05, 0.1) is 5.01 Å². The zero-order valence-electron chi connectivity index (χ0n) is 9.90. The van der Waals surface area contributed by atoms with Crippen molar-refractivity contribution >= 4 is 27.3 Å². The third-order valence-corrected chi connectivity index (χ3v) is 4.23. The summed E-state index contributed by atoms with van der Waals surface area (Å²) in [4.78, 5) is 4.34. The zero-order chi connectivity index (χ0) is 12.3. The van der Waals surface area contributed by atoms with Gasteiger partial charge in [-0.2, -0.15) is 0 Å². The van der Waals surface area contributed by atoms with E-state index >= 15 is 0 Å². The monoisotopic (exact) mass is 310 g/mol. The summed E-state index contributed by atoms with van der Waals surface area (Å²) < 4.78 is 1.16. The molecule has 2 aromatic rings. The zero-order valence-corrected chi connectivity index (χ0v) is 12.3. The molecule has 0 radical (unpaired) electrons. The number of nitrogens with one attached hydrogen (secondary N) is 1. The predicted octanol–water partition coefficient (Wildman–Crippen LogP) is 3.72. The summed E-state index contributed by atoms with van der Waals surface area (Å²) in [5.74, 6) is 0. The maximum Gasteiger partial charge on any atom is 0.0943 e. The molecule has 1 N–H and O–H groups in total. The summed E-state index contributed by atoms with van der Waals surface area (Å²) in [6.07, 6.45) is 2.78. The van der Waals surface area contributed by atoms with Gasteiger partial charge in [-0.15, -0.1) is 11.3 Å². The molecule has 2 nitrogen and oxygen atoms in total. The Hall–Kier alpha value is -0.710. The van der Waals surface area contributed by atoms with Crippen molar-refractivity contribution in [1.82, 2.24) is 10.3 Å². The number of nitrogens with zero attached hydrogens (tertiary/aromatic N) is 1. The van der Waals surface area contributed by atoms with Gasteiger partial charge in [-0.25, -0.2) is 4.98 Å². The number of rotatable bonds is 4. The first-order valence-electron chi connectivity index (χ1n) is 5.52. The average molecular weight is 311 g/mol. The first-order chi connectivity index (χ1) is 8.20. The number of thiazole rings is 1. The largest absolute Gasteiger partial charge is 0.313 e. The van der Waals surface area contributed by atoms with Crippen LogP contribution < -0.4 is 5.32 Å². The third-order valence-electron chi connectivity index (χ3n) is 2.74. The fourth-order valence-electron chi connectivity index (χ4n) is 1.81. The Morgan fingerprint density at radius 2 is 2.29 bits per heavy atom. The maximum atomic E-state index is 4.34. The molecule has 0 aliphatic carbocycles. The first-order valence-corrected chi connectivity index (χ1v) is 7.19. The van der Waals surface area contributed by atoms with E-state index in [2.05, 4.69) is 51.4 Å². The number of hydrogen-bond donors (Lipinski definition) is 1. The summed E-state index contributed by atoms with van der Waals surface area (Å²) in [7, 11) is 1.99. The van der Waals surface area contributed by atoms with Crippen LogP contribution in [0, 0.1) is 6.92 Å². The molecule has 0 saturated heterocycles. The van der Waals surface area contributed by atoms with Crippen molar-refractivity contribution in [2.24, 2.45) is 0 Å². The molecule has 4 heteroatoms. The van der Waals surface area contributed by atoms with E-state index in [9.17, 15) is 0 Å².